The van der Waals surface area contributed by atoms with Crippen LogP contribution in [0.1, 0.15) is 25.3 Å². The minimum atomic E-state index is -0.0537. The molecular formula is C17H15N5O2S2. The molecule has 0 spiro atoms. The Morgan fingerprint density at radius 3 is 2.65 bits per heavy atom. The van der Waals surface area contributed by atoms with Crippen molar-refractivity contribution in [1.82, 2.24) is 25.1 Å². The fourth-order valence-electron chi connectivity index (χ4n) is 2.92. The van der Waals surface area contributed by atoms with E-state index in [1.54, 1.807) is 11.6 Å². The van der Waals surface area contributed by atoms with E-state index in [-0.39, 0.29) is 17.4 Å². The molecule has 0 fully saturated rings. The first-order valence-corrected chi connectivity index (χ1v) is 9.17. The molecular weight excluding hydrogens is 370 g/mol. The van der Waals surface area contributed by atoms with Crippen LogP contribution in [0.3, 0.4) is 0 Å². The average molecular weight is 385 g/mol. The Labute approximate surface area is 157 Å². The summed E-state index contributed by atoms with van der Waals surface area (Å²) in [5.74, 6) is 0.0897. The predicted molar refractivity (Wildman–Crippen MR) is 103 cm³/mol. The lowest BCUT2D eigenvalue weighted by Gasteiger charge is -2.13. The summed E-state index contributed by atoms with van der Waals surface area (Å²) in [6, 6.07) is 3.10. The number of hydrogen-bond donors (Lipinski definition) is 4. The SMILES string of the molecule is CC(C)c1cc(-c2[nH][nH]c(=S)c2-c2ncnc3scnc23)c(O)cc1O. The fraction of sp³-hybridized carbons (Fsp3) is 0.176. The van der Waals surface area contributed by atoms with Crippen LogP contribution in [0.4, 0.5) is 0 Å². The van der Waals surface area contributed by atoms with Crippen molar-refractivity contribution >= 4 is 33.9 Å². The van der Waals surface area contributed by atoms with Gasteiger partial charge in [0.1, 0.15) is 38.5 Å². The molecule has 9 heteroatoms. The quantitative estimate of drug-likeness (QED) is 0.390. The highest BCUT2D eigenvalue weighted by Crippen LogP contribution is 2.41. The van der Waals surface area contributed by atoms with Gasteiger partial charge in [-0.2, -0.15) is 0 Å². The van der Waals surface area contributed by atoms with Gasteiger partial charge in [0.15, 0.2) is 0 Å². The molecule has 3 heterocycles. The number of nitrogens with one attached hydrogen (secondary N) is 2. The zero-order valence-electron chi connectivity index (χ0n) is 13.9. The van der Waals surface area contributed by atoms with Crippen molar-refractivity contribution in [3.8, 4) is 34.0 Å². The number of benzene rings is 1. The number of nitrogens with zero attached hydrogens (tertiary/aromatic N) is 3. The van der Waals surface area contributed by atoms with Crippen LogP contribution in [0.5, 0.6) is 11.5 Å². The lowest BCUT2D eigenvalue weighted by molar-refractivity contribution is 0.445. The maximum Gasteiger partial charge on any atom is 0.147 e. The molecule has 7 nitrogen and oxygen atoms in total. The first-order chi connectivity index (χ1) is 12.5. The molecule has 0 atom stereocenters. The van der Waals surface area contributed by atoms with Crippen LogP contribution in [-0.4, -0.2) is 35.4 Å². The zero-order chi connectivity index (χ0) is 18.4. The Kier molecular flexibility index (Phi) is 3.97. The van der Waals surface area contributed by atoms with Crippen LogP contribution in [0.25, 0.3) is 32.9 Å². The van der Waals surface area contributed by atoms with Crippen LogP contribution >= 0.6 is 23.6 Å². The number of thiazole rings is 1. The maximum absolute atomic E-state index is 10.4. The summed E-state index contributed by atoms with van der Waals surface area (Å²) in [6.45, 7) is 3.94. The summed E-state index contributed by atoms with van der Waals surface area (Å²) in [4.78, 5) is 13.7. The minimum Gasteiger partial charge on any atom is -0.508 e. The monoisotopic (exact) mass is 385 g/mol. The molecule has 0 aliphatic heterocycles. The van der Waals surface area contributed by atoms with Crippen molar-refractivity contribution in [3.63, 3.8) is 0 Å². The van der Waals surface area contributed by atoms with Gasteiger partial charge in [0.05, 0.1) is 16.8 Å². The highest BCUT2D eigenvalue weighted by atomic mass is 32.1. The maximum atomic E-state index is 10.4. The van der Waals surface area contributed by atoms with E-state index in [0.29, 0.717) is 32.7 Å². The second-order valence-electron chi connectivity index (χ2n) is 6.14. The van der Waals surface area contributed by atoms with Gasteiger partial charge < -0.3 is 10.2 Å². The summed E-state index contributed by atoms with van der Waals surface area (Å²) < 4.78 is 0.451. The van der Waals surface area contributed by atoms with Crippen LogP contribution in [0.15, 0.2) is 24.0 Å². The van der Waals surface area contributed by atoms with Gasteiger partial charge in [-0.25, -0.2) is 15.0 Å². The van der Waals surface area contributed by atoms with E-state index in [1.165, 1.54) is 23.7 Å². The molecule has 4 rings (SSSR count). The zero-order valence-corrected chi connectivity index (χ0v) is 15.6. The third-order valence-corrected chi connectivity index (χ3v) is 5.23. The number of H-pyrrole nitrogens is 2. The molecule has 4 N–H and O–H groups in total. The smallest absolute Gasteiger partial charge is 0.147 e. The lowest BCUT2D eigenvalue weighted by atomic mass is 9.96. The van der Waals surface area contributed by atoms with Crippen LogP contribution in [0, 0.1) is 4.64 Å². The summed E-state index contributed by atoms with van der Waals surface area (Å²) >= 11 is 6.86. The predicted octanol–water partition coefficient (Wildman–Crippen LogP) is 4.34. The normalized spacial score (nSPS) is 11.5. The molecule has 0 unspecified atom stereocenters. The van der Waals surface area contributed by atoms with E-state index in [9.17, 15) is 10.2 Å². The second kappa shape index (κ2) is 6.19. The first-order valence-electron chi connectivity index (χ1n) is 7.88. The molecule has 0 amide bonds. The topological polar surface area (TPSA) is 111 Å². The number of hydrogen-bond acceptors (Lipinski definition) is 7. The summed E-state index contributed by atoms with van der Waals surface area (Å²) in [6.07, 6.45) is 1.47. The molecule has 26 heavy (non-hydrogen) atoms. The molecule has 0 aliphatic rings. The minimum absolute atomic E-state index is 0.0537. The van der Waals surface area contributed by atoms with E-state index in [2.05, 4.69) is 25.1 Å². The molecule has 132 valence electrons. The van der Waals surface area contributed by atoms with Crippen LogP contribution in [-0.2, 0) is 0 Å². The number of phenolic OH excluding ortho intramolecular Hbond substituents is 2. The van der Waals surface area contributed by atoms with E-state index >= 15 is 0 Å². The van der Waals surface area contributed by atoms with Crippen molar-refractivity contribution in [2.75, 3.05) is 0 Å². The molecule has 0 radical (unpaired) electrons. The molecule has 0 saturated carbocycles. The molecule has 1 aromatic carbocycles. The van der Waals surface area contributed by atoms with Gasteiger partial charge in [0.2, 0.25) is 0 Å². The Bertz CT molecular complexity index is 1180. The number of phenols is 2. The van der Waals surface area contributed by atoms with E-state index in [0.717, 1.165) is 10.4 Å². The average Bonchev–Trinajstić information content (AvgIpc) is 3.21. The number of aromatic amines is 2. The third-order valence-electron chi connectivity index (χ3n) is 4.19. The fourth-order valence-corrected chi connectivity index (χ4v) is 3.80. The first kappa shape index (κ1) is 16.7. The molecule has 4 aromatic rings. The standard InChI is InChI=1S/C17H15N5O2S2/c1-7(2)8-3-9(11(24)4-10(8)23)13-12(16(25)22-21-13)14-15-17(19-5-18-14)26-6-20-15/h3-7,23-24H,1-2H3,(H2,21,22,25). The van der Waals surface area contributed by atoms with Gasteiger partial charge in [0, 0.05) is 11.6 Å². The number of fused-ring (bicyclic) bond motifs is 1. The number of aromatic hydroxyl groups is 2. The van der Waals surface area contributed by atoms with E-state index in [1.807, 2.05) is 13.8 Å². The van der Waals surface area contributed by atoms with E-state index in [4.69, 9.17) is 12.2 Å². The number of aromatic nitrogens is 5. The largest absolute Gasteiger partial charge is 0.508 e. The Hall–Kier alpha value is -2.78. The van der Waals surface area contributed by atoms with Crippen molar-refractivity contribution in [1.29, 1.82) is 0 Å². The Morgan fingerprint density at radius 1 is 1.08 bits per heavy atom. The Morgan fingerprint density at radius 2 is 1.88 bits per heavy atom. The van der Waals surface area contributed by atoms with Gasteiger partial charge in [-0.3, -0.25) is 10.2 Å². The van der Waals surface area contributed by atoms with Gasteiger partial charge in [-0.15, -0.1) is 11.3 Å². The van der Waals surface area contributed by atoms with Gasteiger partial charge >= 0.3 is 0 Å². The summed E-state index contributed by atoms with van der Waals surface area (Å²) in [5.41, 5.74) is 5.42. The lowest BCUT2D eigenvalue weighted by Crippen LogP contribution is -1.93. The second-order valence-corrected chi connectivity index (χ2v) is 7.38. The van der Waals surface area contributed by atoms with Gasteiger partial charge in [0.25, 0.3) is 0 Å². The van der Waals surface area contributed by atoms with Crippen molar-refractivity contribution < 1.29 is 10.2 Å². The van der Waals surface area contributed by atoms with Crippen LogP contribution < -0.4 is 0 Å². The molecule has 3 aromatic heterocycles. The van der Waals surface area contributed by atoms with Gasteiger partial charge in [-0.05, 0) is 17.5 Å². The highest BCUT2D eigenvalue weighted by molar-refractivity contribution is 7.71. The third kappa shape index (κ3) is 2.56. The van der Waals surface area contributed by atoms with Crippen molar-refractivity contribution in [3.05, 3.63) is 34.2 Å². The van der Waals surface area contributed by atoms with E-state index < -0.39 is 0 Å². The number of rotatable bonds is 3. The summed E-state index contributed by atoms with van der Waals surface area (Å²) in [7, 11) is 0. The Balaban J connectivity index is 2.01. The van der Waals surface area contributed by atoms with Crippen molar-refractivity contribution in [2.45, 2.75) is 19.8 Å². The summed E-state index contributed by atoms with van der Waals surface area (Å²) in [5, 5.41) is 26.5. The van der Waals surface area contributed by atoms with Gasteiger partial charge in [-0.1, -0.05) is 26.1 Å². The molecule has 0 saturated heterocycles. The van der Waals surface area contributed by atoms with Crippen molar-refractivity contribution in [2.24, 2.45) is 0 Å². The van der Waals surface area contributed by atoms with Crippen LogP contribution in [0.2, 0.25) is 0 Å². The molecule has 0 aliphatic carbocycles. The highest BCUT2D eigenvalue weighted by Gasteiger charge is 2.21. The molecule has 0 bridgehead atoms.